The Morgan fingerprint density at radius 2 is 1.95 bits per heavy atom. The predicted molar refractivity (Wildman–Crippen MR) is 87.1 cm³/mol. The Morgan fingerprint density at radius 3 is 2.62 bits per heavy atom. The van der Waals surface area contributed by atoms with Crippen molar-refractivity contribution in [3.63, 3.8) is 0 Å². The van der Waals surface area contributed by atoms with Crippen LogP contribution in [0, 0.1) is 13.8 Å². The number of hydrogen-bond donors (Lipinski definition) is 1. The summed E-state index contributed by atoms with van der Waals surface area (Å²) in [7, 11) is 0. The van der Waals surface area contributed by atoms with E-state index in [0.29, 0.717) is 6.04 Å². The molecular weight excluding hydrogens is 262 g/mol. The molecule has 2 rings (SSSR count). The van der Waals surface area contributed by atoms with Crippen LogP contribution in [0.15, 0.2) is 18.2 Å². The molecule has 1 aromatic rings. The zero-order chi connectivity index (χ0) is 15.2. The third kappa shape index (κ3) is 4.21. The van der Waals surface area contributed by atoms with Crippen LogP contribution in [0.1, 0.15) is 44.2 Å². The molecule has 21 heavy (non-hydrogen) atoms. The monoisotopic (exact) mass is 291 g/mol. The number of nitrogens with one attached hydrogen (secondary N) is 1. The van der Waals surface area contributed by atoms with E-state index in [-0.39, 0.29) is 12.2 Å². The van der Waals surface area contributed by atoms with Crippen LogP contribution in [0.3, 0.4) is 0 Å². The number of aryl methyl sites for hydroxylation is 2. The summed E-state index contributed by atoms with van der Waals surface area (Å²) in [5.74, 6) is 0.960. The van der Waals surface area contributed by atoms with Gasteiger partial charge in [0.1, 0.15) is 18.0 Å². The zero-order valence-corrected chi connectivity index (χ0v) is 13.8. The van der Waals surface area contributed by atoms with E-state index in [0.717, 1.165) is 38.2 Å². The quantitative estimate of drug-likeness (QED) is 0.793. The van der Waals surface area contributed by atoms with Gasteiger partial charge in [0.15, 0.2) is 0 Å². The first-order valence-electron chi connectivity index (χ1n) is 8.24. The highest BCUT2D eigenvalue weighted by molar-refractivity contribution is 5.34. The van der Waals surface area contributed by atoms with Gasteiger partial charge in [-0.15, -0.1) is 0 Å². The molecule has 1 saturated carbocycles. The first kappa shape index (κ1) is 16.3. The lowest BCUT2D eigenvalue weighted by molar-refractivity contribution is -0.107. The second kappa shape index (κ2) is 7.81. The molecule has 0 amide bonds. The van der Waals surface area contributed by atoms with Crippen molar-refractivity contribution in [3.05, 3.63) is 29.3 Å². The minimum absolute atomic E-state index is 0.174. The van der Waals surface area contributed by atoms with E-state index in [2.05, 4.69) is 51.2 Å². The van der Waals surface area contributed by atoms with Crippen molar-refractivity contribution in [1.29, 1.82) is 0 Å². The molecule has 1 aromatic carbocycles. The standard InChI is InChI=1S/C18H29NO2/c1-5-9-19-16-12-17(18(16)20-10-6-2)21-15-8-7-13(3)14(4)11-15/h7-8,11,16-19H,5-6,9-10,12H2,1-4H3. The molecule has 0 spiro atoms. The Hall–Kier alpha value is -1.06. The molecule has 0 aliphatic heterocycles. The van der Waals surface area contributed by atoms with Crippen molar-refractivity contribution in [2.75, 3.05) is 13.2 Å². The molecule has 1 aliphatic carbocycles. The lowest BCUT2D eigenvalue weighted by atomic mass is 9.85. The summed E-state index contributed by atoms with van der Waals surface area (Å²) in [6, 6.07) is 6.75. The summed E-state index contributed by atoms with van der Waals surface area (Å²) in [5.41, 5.74) is 2.58. The Balaban J connectivity index is 1.93. The molecule has 1 fully saturated rings. The van der Waals surface area contributed by atoms with Gasteiger partial charge < -0.3 is 14.8 Å². The van der Waals surface area contributed by atoms with E-state index in [9.17, 15) is 0 Å². The van der Waals surface area contributed by atoms with Crippen molar-refractivity contribution >= 4 is 0 Å². The molecule has 1 aliphatic rings. The average Bonchev–Trinajstić information content (AvgIpc) is 2.46. The summed E-state index contributed by atoms with van der Waals surface area (Å²) in [6.07, 6.45) is 3.58. The summed E-state index contributed by atoms with van der Waals surface area (Å²) in [6.45, 7) is 10.4. The molecule has 3 unspecified atom stereocenters. The lowest BCUT2D eigenvalue weighted by Crippen LogP contribution is -2.61. The highest BCUT2D eigenvalue weighted by atomic mass is 16.5. The van der Waals surface area contributed by atoms with Gasteiger partial charge in [-0.25, -0.2) is 0 Å². The minimum Gasteiger partial charge on any atom is -0.488 e. The largest absolute Gasteiger partial charge is 0.488 e. The topological polar surface area (TPSA) is 30.5 Å². The smallest absolute Gasteiger partial charge is 0.128 e. The fourth-order valence-corrected chi connectivity index (χ4v) is 2.67. The van der Waals surface area contributed by atoms with Crippen molar-refractivity contribution in [3.8, 4) is 5.75 Å². The third-order valence-corrected chi connectivity index (χ3v) is 4.19. The molecule has 0 heterocycles. The van der Waals surface area contributed by atoms with Crippen LogP contribution in [0.5, 0.6) is 5.75 Å². The van der Waals surface area contributed by atoms with Crippen LogP contribution < -0.4 is 10.1 Å². The summed E-state index contributed by atoms with van der Waals surface area (Å²) in [5, 5.41) is 3.56. The van der Waals surface area contributed by atoms with Gasteiger partial charge in [-0.05, 0) is 56.5 Å². The molecule has 0 bridgehead atoms. The van der Waals surface area contributed by atoms with Gasteiger partial charge in [-0.1, -0.05) is 19.9 Å². The molecule has 3 heteroatoms. The van der Waals surface area contributed by atoms with Gasteiger partial charge >= 0.3 is 0 Å². The number of rotatable bonds is 8. The van der Waals surface area contributed by atoms with Crippen LogP contribution >= 0.6 is 0 Å². The molecule has 0 saturated heterocycles. The number of benzene rings is 1. The van der Waals surface area contributed by atoms with Gasteiger partial charge in [0.25, 0.3) is 0 Å². The first-order chi connectivity index (χ1) is 10.2. The summed E-state index contributed by atoms with van der Waals surface area (Å²) in [4.78, 5) is 0. The molecule has 3 nitrogen and oxygen atoms in total. The van der Waals surface area contributed by atoms with Crippen LogP contribution in [0.25, 0.3) is 0 Å². The summed E-state index contributed by atoms with van der Waals surface area (Å²) >= 11 is 0. The van der Waals surface area contributed by atoms with Crippen LogP contribution in [0.4, 0.5) is 0 Å². The number of ether oxygens (including phenoxy) is 2. The molecule has 0 radical (unpaired) electrons. The van der Waals surface area contributed by atoms with E-state index >= 15 is 0 Å². The molecular formula is C18H29NO2. The molecule has 1 N–H and O–H groups in total. The van der Waals surface area contributed by atoms with E-state index < -0.39 is 0 Å². The predicted octanol–water partition coefficient (Wildman–Crippen LogP) is 3.62. The second-order valence-electron chi connectivity index (χ2n) is 6.03. The molecule has 3 atom stereocenters. The Morgan fingerprint density at radius 1 is 1.14 bits per heavy atom. The van der Waals surface area contributed by atoms with E-state index in [1.807, 2.05) is 0 Å². The highest BCUT2D eigenvalue weighted by Gasteiger charge is 2.43. The third-order valence-electron chi connectivity index (χ3n) is 4.19. The maximum atomic E-state index is 6.14. The zero-order valence-electron chi connectivity index (χ0n) is 13.8. The highest BCUT2D eigenvalue weighted by Crippen LogP contribution is 2.30. The second-order valence-corrected chi connectivity index (χ2v) is 6.03. The normalized spacial score (nSPS) is 24.7. The average molecular weight is 291 g/mol. The molecule has 118 valence electrons. The Bertz CT molecular complexity index is 447. The molecule has 0 aromatic heterocycles. The minimum atomic E-state index is 0.174. The van der Waals surface area contributed by atoms with Gasteiger partial charge in [0.05, 0.1) is 0 Å². The van der Waals surface area contributed by atoms with Crippen molar-refractivity contribution in [2.45, 2.75) is 65.2 Å². The maximum absolute atomic E-state index is 6.14. The SMILES string of the molecule is CCCNC1CC(Oc2ccc(C)c(C)c2)C1OCCC. The van der Waals surface area contributed by atoms with Crippen LogP contribution in [-0.4, -0.2) is 31.4 Å². The van der Waals surface area contributed by atoms with Crippen molar-refractivity contribution in [1.82, 2.24) is 5.32 Å². The lowest BCUT2D eigenvalue weighted by Gasteiger charge is -2.44. The van der Waals surface area contributed by atoms with Crippen LogP contribution in [-0.2, 0) is 4.74 Å². The fraction of sp³-hybridized carbons (Fsp3) is 0.667. The Labute approximate surface area is 129 Å². The van der Waals surface area contributed by atoms with Crippen LogP contribution in [0.2, 0.25) is 0 Å². The van der Waals surface area contributed by atoms with Gasteiger partial charge in [0.2, 0.25) is 0 Å². The Kier molecular flexibility index (Phi) is 6.07. The first-order valence-corrected chi connectivity index (χ1v) is 8.24. The summed E-state index contributed by atoms with van der Waals surface area (Å²) < 4.78 is 12.1. The van der Waals surface area contributed by atoms with Gasteiger partial charge in [0, 0.05) is 19.1 Å². The van der Waals surface area contributed by atoms with Gasteiger partial charge in [-0.2, -0.15) is 0 Å². The number of hydrogen-bond acceptors (Lipinski definition) is 3. The van der Waals surface area contributed by atoms with Crippen molar-refractivity contribution < 1.29 is 9.47 Å². The maximum Gasteiger partial charge on any atom is 0.128 e. The fourth-order valence-electron chi connectivity index (χ4n) is 2.67. The van der Waals surface area contributed by atoms with E-state index in [1.54, 1.807) is 0 Å². The van der Waals surface area contributed by atoms with Crippen molar-refractivity contribution in [2.24, 2.45) is 0 Å². The van der Waals surface area contributed by atoms with Gasteiger partial charge in [-0.3, -0.25) is 0 Å². The van der Waals surface area contributed by atoms with E-state index in [1.165, 1.54) is 11.1 Å². The van der Waals surface area contributed by atoms with E-state index in [4.69, 9.17) is 9.47 Å².